The highest BCUT2D eigenvalue weighted by Gasteiger charge is 2.13. The molecule has 14 heavy (non-hydrogen) atoms. The molecule has 0 atom stereocenters. The van der Waals surface area contributed by atoms with E-state index in [-0.39, 0.29) is 5.78 Å². The summed E-state index contributed by atoms with van der Waals surface area (Å²) in [6, 6.07) is 5.29. The molecule has 0 heterocycles. The van der Waals surface area contributed by atoms with Crippen LogP contribution in [0.15, 0.2) is 12.1 Å². The molecule has 0 aliphatic rings. The third kappa shape index (κ3) is 2.04. The zero-order valence-electron chi connectivity index (χ0n) is 7.80. The van der Waals surface area contributed by atoms with Crippen LogP contribution in [0.1, 0.15) is 22.8 Å². The van der Waals surface area contributed by atoms with E-state index in [9.17, 15) is 4.79 Å². The quantitative estimate of drug-likeness (QED) is 0.622. The molecule has 0 amide bonds. The number of carbonyl (C=O) groups is 1. The molecule has 1 rings (SSSR count). The van der Waals surface area contributed by atoms with Crippen molar-refractivity contribution in [3.8, 4) is 11.8 Å². The van der Waals surface area contributed by atoms with Crippen LogP contribution in [0.25, 0.3) is 0 Å². The highest BCUT2D eigenvalue weighted by atomic mass is 127. The van der Waals surface area contributed by atoms with Crippen LogP contribution in [0.5, 0.6) is 5.75 Å². The first-order chi connectivity index (χ1) is 6.60. The van der Waals surface area contributed by atoms with Gasteiger partial charge in [-0.05, 0) is 41.6 Å². The fourth-order valence-electron chi connectivity index (χ4n) is 1.15. The van der Waals surface area contributed by atoms with Crippen molar-refractivity contribution in [2.45, 2.75) is 6.92 Å². The second-order valence-corrected chi connectivity index (χ2v) is 3.86. The number of hydrogen-bond donors (Lipinski definition) is 0. The zero-order valence-corrected chi connectivity index (χ0v) is 9.95. The molecule has 0 fully saturated rings. The maximum absolute atomic E-state index is 11.2. The Morgan fingerprint density at radius 3 is 2.64 bits per heavy atom. The van der Waals surface area contributed by atoms with Gasteiger partial charge in [0.15, 0.2) is 5.78 Å². The fourth-order valence-corrected chi connectivity index (χ4v) is 2.12. The van der Waals surface area contributed by atoms with E-state index in [1.54, 1.807) is 12.1 Å². The van der Waals surface area contributed by atoms with Gasteiger partial charge in [0.1, 0.15) is 11.8 Å². The minimum absolute atomic E-state index is 0.103. The third-order valence-corrected chi connectivity index (χ3v) is 2.62. The van der Waals surface area contributed by atoms with Gasteiger partial charge in [-0.2, -0.15) is 5.26 Å². The fraction of sp³-hybridized carbons (Fsp3) is 0.200. The SMILES string of the molecule is COc1cc(I)c(C(C)=O)c(C#N)c1. The summed E-state index contributed by atoms with van der Waals surface area (Å²) >= 11 is 2.02. The second kappa shape index (κ2) is 4.42. The minimum atomic E-state index is -0.103. The van der Waals surface area contributed by atoms with Gasteiger partial charge in [0, 0.05) is 9.13 Å². The third-order valence-electron chi connectivity index (χ3n) is 1.77. The zero-order chi connectivity index (χ0) is 10.7. The van der Waals surface area contributed by atoms with Crippen LogP contribution >= 0.6 is 22.6 Å². The van der Waals surface area contributed by atoms with E-state index in [0.717, 1.165) is 3.57 Å². The van der Waals surface area contributed by atoms with Gasteiger partial charge in [0.25, 0.3) is 0 Å². The van der Waals surface area contributed by atoms with E-state index in [4.69, 9.17) is 10.00 Å². The van der Waals surface area contributed by atoms with Crippen molar-refractivity contribution in [1.82, 2.24) is 0 Å². The maximum atomic E-state index is 11.2. The Labute approximate surface area is 95.8 Å². The molecule has 0 unspecified atom stereocenters. The molecule has 0 radical (unpaired) electrons. The molecule has 0 aliphatic carbocycles. The van der Waals surface area contributed by atoms with Crippen LogP contribution in [0.3, 0.4) is 0 Å². The average molecular weight is 301 g/mol. The molecule has 0 aromatic heterocycles. The molecule has 1 aromatic rings. The smallest absolute Gasteiger partial charge is 0.162 e. The van der Waals surface area contributed by atoms with Crippen molar-refractivity contribution in [1.29, 1.82) is 5.26 Å². The van der Waals surface area contributed by atoms with Gasteiger partial charge in [-0.3, -0.25) is 4.79 Å². The normalized spacial score (nSPS) is 9.29. The summed E-state index contributed by atoms with van der Waals surface area (Å²) in [7, 11) is 1.53. The van der Waals surface area contributed by atoms with E-state index in [1.165, 1.54) is 14.0 Å². The van der Waals surface area contributed by atoms with E-state index >= 15 is 0 Å². The lowest BCUT2D eigenvalue weighted by Gasteiger charge is -2.06. The Kier molecular flexibility index (Phi) is 3.47. The predicted molar refractivity (Wildman–Crippen MR) is 60.4 cm³/mol. The Balaban J connectivity index is 3.44. The second-order valence-electron chi connectivity index (χ2n) is 2.70. The van der Waals surface area contributed by atoms with Gasteiger partial charge < -0.3 is 4.74 Å². The minimum Gasteiger partial charge on any atom is -0.497 e. The molecule has 0 saturated carbocycles. The van der Waals surface area contributed by atoms with Crippen molar-refractivity contribution < 1.29 is 9.53 Å². The van der Waals surface area contributed by atoms with Crippen LogP contribution in [0, 0.1) is 14.9 Å². The van der Waals surface area contributed by atoms with Crippen LogP contribution < -0.4 is 4.74 Å². The summed E-state index contributed by atoms with van der Waals surface area (Å²) in [5.74, 6) is 0.490. The first-order valence-electron chi connectivity index (χ1n) is 3.88. The molecule has 72 valence electrons. The van der Waals surface area contributed by atoms with Crippen molar-refractivity contribution in [3.63, 3.8) is 0 Å². The predicted octanol–water partition coefficient (Wildman–Crippen LogP) is 2.37. The highest BCUT2D eigenvalue weighted by Crippen LogP contribution is 2.24. The van der Waals surface area contributed by atoms with Gasteiger partial charge in [0.2, 0.25) is 0 Å². The summed E-state index contributed by atoms with van der Waals surface area (Å²) in [5, 5.41) is 8.85. The van der Waals surface area contributed by atoms with Gasteiger partial charge in [0.05, 0.1) is 12.7 Å². The Bertz CT molecular complexity index is 421. The number of rotatable bonds is 2. The Hall–Kier alpha value is -1.09. The molecule has 3 nitrogen and oxygen atoms in total. The van der Waals surface area contributed by atoms with Crippen LogP contribution in [-0.4, -0.2) is 12.9 Å². The number of carbonyl (C=O) groups excluding carboxylic acids is 1. The van der Waals surface area contributed by atoms with Crippen molar-refractivity contribution in [2.24, 2.45) is 0 Å². The lowest BCUT2D eigenvalue weighted by Crippen LogP contribution is -2.01. The van der Waals surface area contributed by atoms with E-state index in [0.29, 0.717) is 16.9 Å². The number of ether oxygens (including phenoxy) is 1. The van der Waals surface area contributed by atoms with E-state index in [1.807, 2.05) is 28.7 Å². The Morgan fingerprint density at radius 2 is 2.21 bits per heavy atom. The lowest BCUT2D eigenvalue weighted by molar-refractivity contribution is 0.101. The largest absolute Gasteiger partial charge is 0.497 e. The summed E-state index contributed by atoms with van der Waals surface area (Å²) in [4.78, 5) is 11.2. The number of nitrogens with zero attached hydrogens (tertiary/aromatic N) is 1. The van der Waals surface area contributed by atoms with Gasteiger partial charge >= 0.3 is 0 Å². The molecular weight excluding hydrogens is 293 g/mol. The topological polar surface area (TPSA) is 50.1 Å². The van der Waals surface area contributed by atoms with Crippen molar-refractivity contribution >= 4 is 28.4 Å². The van der Waals surface area contributed by atoms with E-state index in [2.05, 4.69) is 0 Å². The van der Waals surface area contributed by atoms with Gasteiger partial charge in [-0.1, -0.05) is 0 Å². The number of benzene rings is 1. The number of ketones is 1. The Morgan fingerprint density at radius 1 is 1.57 bits per heavy atom. The first-order valence-corrected chi connectivity index (χ1v) is 4.96. The summed E-state index contributed by atoms with van der Waals surface area (Å²) in [6.45, 7) is 1.45. The number of hydrogen-bond acceptors (Lipinski definition) is 3. The van der Waals surface area contributed by atoms with E-state index < -0.39 is 0 Å². The number of Topliss-reactive ketones (excluding diaryl/α,β-unsaturated/α-hetero) is 1. The summed E-state index contributed by atoms with van der Waals surface area (Å²) in [6.07, 6.45) is 0. The van der Waals surface area contributed by atoms with Gasteiger partial charge in [-0.15, -0.1) is 0 Å². The molecule has 0 N–H and O–H groups in total. The summed E-state index contributed by atoms with van der Waals surface area (Å²) in [5.41, 5.74) is 0.829. The van der Waals surface area contributed by atoms with Crippen LogP contribution in [0.2, 0.25) is 0 Å². The maximum Gasteiger partial charge on any atom is 0.162 e. The molecular formula is C10H8INO2. The van der Waals surface area contributed by atoms with Crippen molar-refractivity contribution in [2.75, 3.05) is 7.11 Å². The lowest BCUT2D eigenvalue weighted by atomic mass is 10.1. The first kappa shape index (κ1) is 11.0. The molecule has 1 aromatic carbocycles. The standard InChI is InChI=1S/C10H8INO2/c1-6(13)10-7(5-12)3-8(14-2)4-9(10)11/h3-4H,1-2H3. The molecule has 0 bridgehead atoms. The molecule has 4 heteroatoms. The number of methoxy groups -OCH3 is 1. The average Bonchev–Trinajstić information content (AvgIpc) is 2.15. The summed E-state index contributed by atoms with van der Waals surface area (Å²) < 4.78 is 5.75. The highest BCUT2D eigenvalue weighted by molar-refractivity contribution is 14.1. The van der Waals surface area contributed by atoms with Crippen LogP contribution in [-0.2, 0) is 0 Å². The van der Waals surface area contributed by atoms with Crippen molar-refractivity contribution in [3.05, 3.63) is 26.8 Å². The number of nitriles is 1. The molecule has 0 spiro atoms. The monoisotopic (exact) mass is 301 g/mol. The molecule has 0 aliphatic heterocycles. The molecule has 0 saturated heterocycles. The van der Waals surface area contributed by atoms with Crippen LogP contribution in [0.4, 0.5) is 0 Å². The van der Waals surface area contributed by atoms with Gasteiger partial charge in [-0.25, -0.2) is 0 Å². The number of halogens is 1.